The Bertz CT molecular complexity index is 968. The van der Waals surface area contributed by atoms with Crippen LogP contribution in [-0.4, -0.2) is 56.1 Å². The first-order valence-electron chi connectivity index (χ1n) is 9.19. The van der Waals surface area contributed by atoms with E-state index in [4.69, 9.17) is 21.4 Å². The van der Waals surface area contributed by atoms with Crippen LogP contribution in [0.25, 0.3) is 0 Å². The molecule has 2 aromatic rings. The summed E-state index contributed by atoms with van der Waals surface area (Å²) in [6.45, 7) is 2.60. The zero-order valence-corrected chi connectivity index (χ0v) is 17.6. The minimum Gasteiger partial charge on any atom is -0.480 e. The number of nitrogens with zero attached hydrogens (tertiary/aromatic N) is 2. The molecule has 0 amide bonds. The van der Waals surface area contributed by atoms with Gasteiger partial charge >= 0.3 is 5.97 Å². The number of carboxylic acid groups (broad SMARTS) is 1. The number of ether oxygens (including phenoxy) is 1. The van der Waals surface area contributed by atoms with Gasteiger partial charge in [0.2, 0.25) is 10.0 Å². The van der Waals surface area contributed by atoms with Crippen molar-refractivity contribution in [2.75, 3.05) is 31.1 Å². The maximum atomic E-state index is 12.9. The number of benzene rings is 2. The van der Waals surface area contributed by atoms with E-state index in [0.717, 1.165) is 5.56 Å². The summed E-state index contributed by atoms with van der Waals surface area (Å²) in [6, 6.07) is 13.8. The average Bonchev–Trinajstić information content (AvgIpc) is 2.67. The fourth-order valence-corrected chi connectivity index (χ4v) is 5.36. The van der Waals surface area contributed by atoms with Crippen LogP contribution in [0.2, 0.25) is 5.02 Å². The number of halogens is 1. The molecule has 1 saturated heterocycles. The van der Waals surface area contributed by atoms with Gasteiger partial charge in [0.05, 0.1) is 11.4 Å². The standard InChI is InChI=1S/C20H23ClN2O5S/c1-15-12-22(18-11-17(21)7-8-19(18)28-13-20(24)25)9-10-23(15)29(26,27)14-16-5-3-2-4-6-16/h2-8,11,15H,9-10,12-14H2,1H3,(H,24,25)/t15-/m0/s1. The summed E-state index contributed by atoms with van der Waals surface area (Å²) in [7, 11) is -3.46. The first-order valence-corrected chi connectivity index (χ1v) is 11.2. The number of hydrogen-bond acceptors (Lipinski definition) is 5. The zero-order chi connectivity index (χ0) is 21.0. The lowest BCUT2D eigenvalue weighted by Gasteiger charge is -2.40. The van der Waals surface area contributed by atoms with Crippen LogP contribution in [0.1, 0.15) is 12.5 Å². The predicted octanol–water partition coefficient (Wildman–Crippen LogP) is 2.84. The Morgan fingerprint density at radius 1 is 1.21 bits per heavy atom. The topological polar surface area (TPSA) is 87.2 Å². The Hall–Kier alpha value is -2.29. The van der Waals surface area contributed by atoms with Crippen molar-refractivity contribution in [3.05, 3.63) is 59.1 Å². The summed E-state index contributed by atoms with van der Waals surface area (Å²) < 4.78 is 32.7. The van der Waals surface area contributed by atoms with Gasteiger partial charge in [-0.25, -0.2) is 13.2 Å². The summed E-state index contributed by atoms with van der Waals surface area (Å²) >= 11 is 6.12. The predicted molar refractivity (Wildman–Crippen MR) is 112 cm³/mol. The normalized spacial score (nSPS) is 17.9. The summed E-state index contributed by atoms with van der Waals surface area (Å²) in [5.74, 6) is -0.705. The maximum absolute atomic E-state index is 12.9. The van der Waals surface area contributed by atoms with Crippen LogP contribution >= 0.6 is 11.6 Å². The van der Waals surface area contributed by atoms with Crippen LogP contribution in [0, 0.1) is 0 Å². The monoisotopic (exact) mass is 438 g/mol. The summed E-state index contributed by atoms with van der Waals surface area (Å²) in [5.41, 5.74) is 1.41. The first kappa shape index (κ1) is 21.4. The van der Waals surface area contributed by atoms with E-state index in [0.29, 0.717) is 36.1 Å². The molecule has 1 fully saturated rings. The highest BCUT2D eigenvalue weighted by Gasteiger charge is 2.33. The minimum atomic E-state index is -3.46. The van der Waals surface area contributed by atoms with Gasteiger partial charge in [0.1, 0.15) is 5.75 Å². The van der Waals surface area contributed by atoms with Crippen molar-refractivity contribution in [3.8, 4) is 5.75 Å². The van der Waals surface area contributed by atoms with E-state index in [-0.39, 0.29) is 11.8 Å². The van der Waals surface area contributed by atoms with E-state index in [1.807, 2.05) is 30.0 Å². The second kappa shape index (κ2) is 9.02. The third kappa shape index (κ3) is 5.41. The van der Waals surface area contributed by atoms with Crippen LogP contribution in [0.5, 0.6) is 5.75 Å². The molecule has 1 aliphatic heterocycles. The van der Waals surface area contributed by atoms with Gasteiger partial charge in [0.15, 0.2) is 6.61 Å². The Labute approximate surface area is 175 Å². The molecule has 1 N–H and O–H groups in total. The molecule has 0 unspecified atom stereocenters. The number of piperazine rings is 1. The van der Waals surface area contributed by atoms with Crippen molar-refractivity contribution in [1.29, 1.82) is 0 Å². The van der Waals surface area contributed by atoms with Crippen LogP contribution < -0.4 is 9.64 Å². The van der Waals surface area contributed by atoms with Crippen molar-refractivity contribution in [3.63, 3.8) is 0 Å². The second-order valence-corrected chi connectivity index (χ2v) is 9.30. The van der Waals surface area contributed by atoms with E-state index in [1.165, 1.54) is 4.31 Å². The fraction of sp³-hybridized carbons (Fsp3) is 0.350. The highest BCUT2D eigenvalue weighted by Crippen LogP contribution is 2.33. The molecule has 9 heteroatoms. The number of rotatable bonds is 7. The lowest BCUT2D eigenvalue weighted by Crippen LogP contribution is -2.54. The molecule has 0 aliphatic carbocycles. The molecule has 1 heterocycles. The average molecular weight is 439 g/mol. The van der Waals surface area contributed by atoms with E-state index in [2.05, 4.69) is 0 Å². The molecule has 0 saturated carbocycles. The molecular weight excluding hydrogens is 416 g/mol. The Kier molecular flexibility index (Phi) is 6.66. The molecule has 1 atom stereocenters. The van der Waals surface area contributed by atoms with Gasteiger partial charge in [0.25, 0.3) is 0 Å². The molecule has 0 bridgehead atoms. The lowest BCUT2D eigenvalue weighted by atomic mass is 10.2. The van der Waals surface area contributed by atoms with E-state index < -0.39 is 22.6 Å². The van der Waals surface area contributed by atoms with Gasteiger partial charge in [-0.15, -0.1) is 0 Å². The molecular formula is C20H23ClN2O5S. The van der Waals surface area contributed by atoms with E-state index in [1.54, 1.807) is 30.3 Å². The third-order valence-corrected chi connectivity index (χ3v) is 6.92. The molecule has 3 rings (SSSR count). The van der Waals surface area contributed by atoms with Crippen molar-refractivity contribution in [2.45, 2.75) is 18.7 Å². The highest BCUT2D eigenvalue weighted by atomic mass is 35.5. The first-order chi connectivity index (χ1) is 13.8. The number of carboxylic acids is 1. The SMILES string of the molecule is C[C@H]1CN(c2cc(Cl)ccc2OCC(=O)O)CCN1S(=O)(=O)Cc1ccccc1. The highest BCUT2D eigenvalue weighted by molar-refractivity contribution is 7.88. The number of sulfonamides is 1. The number of anilines is 1. The van der Waals surface area contributed by atoms with Gasteiger partial charge in [0, 0.05) is 30.7 Å². The number of carbonyl (C=O) groups is 1. The van der Waals surface area contributed by atoms with Gasteiger partial charge in [-0.2, -0.15) is 4.31 Å². The van der Waals surface area contributed by atoms with Crippen LogP contribution in [-0.2, 0) is 20.6 Å². The van der Waals surface area contributed by atoms with Gasteiger partial charge < -0.3 is 14.7 Å². The smallest absolute Gasteiger partial charge is 0.341 e. The van der Waals surface area contributed by atoms with E-state index >= 15 is 0 Å². The number of hydrogen-bond donors (Lipinski definition) is 1. The van der Waals surface area contributed by atoms with Crippen LogP contribution in [0.15, 0.2) is 48.5 Å². The van der Waals surface area contributed by atoms with Crippen molar-refractivity contribution in [1.82, 2.24) is 4.31 Å². The van der Waals surface area contributed by atoms with Crippen molar-refractivity contribution < 1.29 is 23.1 Å². The van der Waals surface area contributed by atoms with Crippen LogP contribution in [0.4, 0.5) is 5.69 Å². The summed E-state index contributed by atoms with van der Waals surface area (Å²) in [6.07, 6.45) is 0. The maximum Gasteiger partial charge on any atom is 0.341 e. The van der Waals surface area contributed by atoms with Gasteiger partial charge in [-0.05, 0) is 30.7 Å². The Morgan fingerprint density at radius 2 is 1.93 bits per heavy atom. The van der Waals surface area contributed by atoms with Crippen molar-refractivity contribution in [2.24, 2.45) is 0 Å². The fourth-order valence-electron chi connectivity index (χ4n) is 3.44. The largest absolute Gasteiger partial charge is 0.480 e. The molecule has 2 aromatic carbocycles. The number of aliphatic carboxylic acids is 1. The second-order valence-electron chi connectivity index (χ2n) is 6.94. The van der Waals surface area contributed by atoms with Gasteiger partial charge in [-0.1, -0.05) is 41.9 Å². The molecule has 1 aliphatic rings. The molecule has 0 aromatic heterocycles. The molecule has 29 heavy (non-hydrogen) atoms. The molecule has 156 valence electrons. The molecule has 7 nitrogen and oxygen atoms in total. The third-order valence-electron chi connectivity index (χ3n) is 4.73. The van der Waals surface area contributed by atoms with E-state index in [9.17, 15) is 13.2 Å². The van der Waals surface area contributed by atoms with Crippen LogP contribution in [0.3, 0.4) is 0 Å². The van der Waals surface area contributed by atoms with Gasteiger partial charge in [-0.3, -0.25) is 0 Å². The summed E-state index contributed by atoms with van der Waals surface area (Å²) in [4.78, 5) is 12.8. The Morgan fingerprint density at radius 3 is 2.59 bits per heavy atom. The minimum absolute atomic E-state index is 0.0394. The molecule has 0 spiro atoms. The Balaban J connectivity index is 1.75. The summed E-state index contributed by atoms with van der Waals surface area (Å²) in [5, 5.41) is 9.37. The van der Waals surface area contributed by atoms with Crippen molar-refractivity contribution >= 4 is 33.3 Å². The zero-order valence-electron chi connectivity index (χ0n) is 16.0. The molecule has 0 radical (unpaired) electrons. The quantitative estimate of drug-likeness (QED) is 0.715. The lowest BCUT2D eigenvalue weighted by molar-refractivity contribution is -0.139.